The maximum absolute atomic E-state index is 12.8. The van der Waals surface area contributed by atoms with Crippen molar-refractivity contribution >= 4 is 23.2 Å². The largest absolute Gasteiger partial charge is 0.355 e. The second-order valence-corrected chi connectivity index (χ2v) is 9.87. The number of hydrogen-bond acceptors (Lipinski definition) is 3. The van der Waals surface area contributed by atoms with Crippen molar-refractivity contribution in [3.05, 3.63) is 21.9 Å². The highest BCUT2D eigenvalue weighted by Crippen LogP contribution is 2.60. The lowest BCUT2D eigenvalue weighted by atomic mass is 9.49. The van der Waals surface area contributed by atoms with Crippen molar-refractivity contribution in [2.75, 3.05) is 6.54 Å². The minimum atomic E-state index is -0.111. The summed E-state index contributed by atoms with van der Waals surface area (Å²) in [6.07, 6.45) is 7.63. The molecule has 1 aromatic heterocycles. The molecule has 2 amide bonds. The monoisotopic (exact) mass is 360 g/mol. The van der Waals surface area contributed by atoms with E-state index in [1.807, 2.05) is 0 Å². The average Bonchev–Trinajstić information content (AvgIpc) is 2.97. The molecular formula is C20H28N2O2S. The summed E-state index contributed by atoms with van der Waals surface area (Å²) in [7, 11) is 0. The molecule has 1 aromatic rings. The van der Waals surface area contributed by atoms with Crippen LogP contribution in [-0.2, 0) is 16.1 Å². The van der Waals surface area contributed by atoms with Crippen LogP contribution in [0.1, 0.15) is 54.7 Å². The summed E-state index contributed by atoms with van der Waals surface area (Å²) < 4.78 is 0. The van der Waals surface area contributed by atoms with Gasteiger partial charge >= 0.3 is 0 Å². The van der Waals surface area contributed by atoms with E-state index in [4.69, 9.17) is 0 Å². The van der Waals surface area contributed by atoms with Gasteiger partial charge in [0.25, 0.3) is 0 Å². The Balaban J connectivity index is 1.22. The molecule has 4 saturated carbocycles. The Morgan fingerprint density at radius 2 is 1.72 bits per heavy atom. The van der Waals surface area contributed by atoms with Gasteiger partial charge in [0, 0.05) is 28.1 Å². The van der Waals surface area contributed by atoms with Crippen molar-refractivity contribution in [1.82, 2.24) is 10.6 Å². The van der Waals surface area contributed by atoms with Gasteiger partial charge in [-0.1, -0.05) is 0 Å². The minimum Gasteiger partial charge on any atom is -0.355 e. The summed E-state index contributed by atoms with van der Waals surface area (Å²) in [6, 6.07) is 4.12. The number of rotatable bonds is 6. The van der Waals surface area contributed by atoms with E-state index in [2.05, 4.69) is 29.7 Å². The van der Waals surface area contributed by atoms with Gasteiger partial charge < -0.3 is 10.6 Å². The smallest absolute Gasteiger partial charge is 0.226 e. The van der Waals surface area contributed by atoms with E-state index in [0.29, 0.717) is 19.5 Å². The summed E-state index contributed by atoms with van der Waals surface area (Å²) >= 11 is 1.71. The molecule has 0 saturated heterocycles. The lowest BCUT2D eigenvalue weighted by molar-refractivity contribution is -0.146. The zero-order valence-corrected chi connectivity index (χ0v) is 15.8. The van der Waals surface area contributed by atoms with Crippen LogP contribution in [0.5, 0.6) is 0 Å². The van der Waals surface area contributed by atoms with E-state index in [1.165, 1.54) is 29.0 Å². The third-order valence-electron chi connectivity index (χ3n) is 6.41. The first kappa shape index (κ1) is 17.1. The van der Waals surface area contributed by atoms with Crippen molar-refractivity contribution in [3.8, 4) is 0 Å². The van der Waals surface area contributed by atoms with Gasteiger partial charge in [-0.2, -0.15) is 0 Å². The van der Waals surface area contributed by atoms with E-state index in [-0.39, 0.29) is 17.2 Å². The minimum absolute atomic E-state index is 0.0110. The molecular weight excluding hydrogens is 332 g/mol. The van der Waals surface area contributed by atoms with Crippen LogP contribution < -0.4 is 10.6 Å². The Hall–Kier alpha value is -1.36. The second-order valence-electron chi connectivity index (χ2n) is 8.49. The fraction of sp³-hybridized carbons (Fsp3) is 0.700. The molecule has 4 aliphatic rings. The van der Waals surface area contributed by atoms with Gasteiger partial charge in [0.15, 0.2) is 0 Å². The van der Waals surface area contributed by atoms with Gasteiger partial charge in [-0.3, -0.25) is 9.59 Å². The topological polar surface area (TPSA) is 58.2 Å². The number of amides is 2. The van der Waals surface area contributed by atoms with Crippen molar-refractivity contribution < 1.29 is 9.59 Å². The predicted octanol–water partition coefficient (Wildman–Crippen LogP) is 3.40. The lowest BCUT2D eigenvalue weighted by Crippen LogP contribution is -2.53. The van der Waals surface area contributed by atoms with E-state index < -0.39 is 0 Å². The second kappa shape index (κ2) is 6.75. The molecule has 0 aliphatic heterocycles. The molecule has 4 aliphatic carbocycles. The normalized spacial score (nSPS) is 32.6. The molecule has 0 aromatic carbocycles. The van der Waals surface area contributed by atoms with Crippen LogP contribution >= 0.6 is 11.3 Å². The van der Waals surface area contributed by atoms with Crippen molar-refractivity contribution in [1.29, 1.82) is 0 Å². The Morgan fingerprint density at radius 1 is 1.08 bits per heavy atom. The molecule has 4 bridgehead atoms. The lowest BCUT2D eigenvalue weighted by Gasteiger charge is -2.55. The maximum atomic E-state index is 12.8. The van der Waals surface area contributed by atoms with Crippen LogP contribution in [0.15, 0.2) is 12.1 Å². The average molecular weight is 361 g/mol. The summed E-state index contributed by atoms with van der Waals surface area (Å²) in [5.74, 6) is 2.55. The van der Waals surface area contributed by atoms with E-state index in [9.17, 15) is 9.59 Å². The third kappa shape index (κ3) is 3.62. The SMILES string of the molecule is Cc1ccc(CNC(=O)CCNC(=O)C23CC4CC(CC(C4)C2)C3)s1. The zero-order valence-electron chi connectivity index (χ0n) is 15.0. The Bertz CT molecular complexity index is 631. The fourth-order valence-electron chi connectivity index (χ4n) is 5.72. The molecule has 0 unspecified atom stereocenters. The zero-order chi connectivity index (χ0) is 17.4. The molecule has 136 valence electrons. The highest BCUT2D eigenvalue weighted by molar-refractivity contribution is 7.11. The number of carbonyl (C=O) groups excluding carboxylic acids is 2. The Kier molecular flexibility index (Phi) is 4.61. The molecule has 0 radical (unpaired) electrons. The number of carbonyl (C=O) groups is 2. The fourth-order valence-corrected chi connectivity index (χ4v) is 6.55. The summed E-state index contributed by atoms with van der Waals surface area (Å²) in [4.78, 5) is 27.2. The van der Waals surface area contributed by atoms with Gasteiger partial charge in [-0.15, -0.1) is 11.3 Å². The van der Waals surface area contributed by atoms with E-state index in [1.54, 1.807) is 11.3 Å². The number of nitrogens with one attached hydrogen (secondary N) is 2. The van der Waals surface area contributed by atoms with Crippen molar-refractivity contribution in [3.63, 3.8) is 0 Å². The summed E-state index contributed by atoms with van der Waals surface area (Å²) in [5.41, 5.74) is -0.111. The van der Waals surface area contributed by atoms with Crippen LogP contribution in [0.3, 0.4) is 0 Å². The molecule has 4 fully saturated rings. The van der Waals surface area contributed by atoms with Gasteiger partial charge in [0.05, 0.1) is 6.54 Å². The van der Waals surface area contributed by atoms with Crippen LogP contribution in [0.2, 0.25) is 0 Å². The molecule has 5 rings (SSSR count). The van der Waals surface area contributed by atoms with Gasteiger partial charge in [0.2, 0.25) is 11.8 Å². The summed E-state index contributed by atoms with van der Waals surface area (Å²) in [6.45, 7) is 3.10. The highest BCUT2D eigenvalue weighted by Gasteiger charge is 2.54. The molecule has 25 heavy (non-hydrogen) atoms. The number of hydrogen-bond donors (Lipinski definition) is 2. The van der Waals surface area contributed by atoms with Gasteiger partial charge in [-0.25, -0.2) is 0 Å². The first-order chi connectivity index (χ1) is 12.0. The molecule has 4 nitrogen and oxygen atoms in total. The van der Waals surface area contributed by atoms with Crippen LogP contribution in [0.4, 0.5) is 0 Å². The van der Waals surface area contributed by atoms with Crippen LogP contribution in [-0.4, -0.2) is 18.4 Å². The standard InChI is InChI=1S/C20H28N2O2S/c1-13-2-3-17(25-13)12-22-18(23)4-5-21-19(24)20-9-14-6-15(10-20)8-16(7-14)11-20/h2-3,14-16H,4-12H2,1H3,(H,21,24)(H,22,23). The third-order valence-corrected chi connectivity index (χ3v) is 7.41. The van der Waals surface area contributed by atoms with Crippen molar-refractivity contribution in [2.45, 2.75) is 58.4 Å². The molecule has 2 N–H and O–H groups in total. The maximum Gasteiger partial charge on any atom is 0.226 e. The number of aryl methyl sites for hydroxylation is 1. The molecule has 1 heterocycles. The van der Waals surface area contributed by atoms with E-state index >= 15 is 0 Å². The van der Waals surface area contributed by atoms with Gasteiger partial charge in [-0.05, 0) is 75.3 Å². The first-order valence-electron chi connectivity index (χ1n) is 9.63. The number of thiophene rings is 1. The molecule has 5 heteroatoms. The summed E-state index contributed by atoms with van der Waals surface area (Å²) in [5, 5.41) is 6.02. The van der Waals surface area contributed by atoms with Crippen LogP contribution in [0, 0.1) is 30.1 Å². The Morgan fingerprint density at radius 3 is 2.28 bits per heavy atom. The Labute approximate surface area is 153 Å². The quantitative estimate of drug-likeness (QED) is 0.817. The molecule has 0 spiro atoms. The predicted molar refractivity (Wildman–Crippen MR) is 99.1 cm³/mol. The van der Waals surface area contributed by atoms with Gasteiger partial charge in [0.1, 0.15) is 0 Å². The molecule has 0 atom stereocenters. The van der Waals surface area contributed by atoms with Crippen LogP contribution in [0.25, 0.3) is 0 Å². The highest BCUT2D eigenvalue weighted by atomic mass is 32.1. The van der Waals surface area contributed by atoms with E-state index in [0.717, 1.165) is 37.0 Å². The van der Waals surface area contributed by atoms with Crippen molar-refractivity contribution in [2.24, 2.45) is 23.2 Å². The first-order valence-corrected chi connectivity index (χ1v) is 10.4.